The zero-order chi connectivity index (χ0) is 20.3. The summed E-state index contributed by atoms with van der Waals surface area (Å²) in [5.74, 6) is -1.06. The van der Waals surface area contributed by atoms with Crippen molar-refractivity contribution in [3.05, 3.63) is 29.8 Å². The van der Waals surface area contributed by atoms with E-state index in [9.17, 15) is 18.4 Å². The third-order valence-electron chi connectivity index (χ3n) is 5.50. The fourth-order valence-electron chi connectivity index (χ4n) is 3.94. The fraction of sp³-hybridized carbons (Fsp3) is 0.600. The second-order valence-electron chi connectivity index (χ2n) is 7.77. The molecule has 0 aliphatic carbocycles. The van der Waals surface area contributed by atoms with Gasteiger partial charge in [0.15, 0.2) is 0 Å². The first-order valence-corrected chi connectivity index (χ1v) is 9.62. The molecule has 1 N–H and O–H groups in total. The average molecular weight is 395 g/mol. The number of hydrogen-bond acceptors (Lipinski definition) is 4. The molecule has 0 saturated carbocycles. The molecule has 2 heterocycles. The Morgan fingerprint density at radius 3 is 2.71 bits per heavy atom. The largest absolute Gasteiger partial charge is 0.485 e. The highest BCUT2D eigenvalue weighted by Gasteiger charge is 2.41. The monoisotopic (exact) mass is 395 g/mol. The van der Waals surface area contributed by atoms with Gasteiger partial charge in [0.05, 0.1) is 6.54 Å². The maximum atomic E-state index is 13.0. The number of halogens is 2. The van der Waals surface area contributed by atoms with Gasteiger partial charge < -0.3 is 19.9 Å². The van der Waals surface area contributed by atoms with Crippen LogP contribution in [-0.2, 0) is 16.1 Å². The van der Waals surface area contributed by atoms with Gasteiger partial charge in [0.2, 0.25) is 5.91 Å². The van der Waals surface area contributed by atoms with Gasteiger partial charge in [-0.3, -0.25) is 9.59 Å². The maximum absolute atomic E-state index is 13.0. The number of rotatable bonds is 3. The molecule has 28 heavy (non-hydrogen) atoms. The van der Waals surface area contributed by atoms with Crippen LogP contribution < -0.4 is 10.1 Å². The van der Waals surface area contributed by atoms with E-state index in [1.165, 1.54) is 6.92 Å². The number of carbonyl (C=O) groups is 2. The van der Waals surface area contributed by atoms with Crippen LogP contribution in [0.2, 0.25) is 0 Å². The Bertz CT molecular complexity index is 730. The van der Waals surface area contributed by atoms with Crippen LogP contribution in [0.15, 0.2) is 24.3 Å². The van der Waals surface area contributed by atoms with Crippen LogP contribution in [0.25, 0.3) is 0 Å². The maximum Gasteiger partial charge on any atom is 0.315 e. The molecule has 1 spiro atoms. The molecule has 0 aromatic heterocycles. The van der Waals surface area contributed by atoms with Gasteiger partial charge in [0.25, 0.3) is 5.91 Å². The molecule has 1 aromatic carbocycles. The molecular formula is C20H27F2N3O3. The molecular weight excluding hydrogens is 368 g/mol. The van der Waals surface area contributed by atoms with Crippen LogP contribution in [0.1, 0.15) is 31.7 Å². The van der Waals surface area contributed by atoms with Crippen molar-refractivity contribution in [1.29, 1.82) is 0 Å². The van der Waals surface area contributed by atoms with Crippen LogP contribution in [0.3, 0.4) is 0 Å². The molecule has 154 valence electrons. The number of carbonyl (C=O) groups excluding carboxylic acids is 2. The predicted octanol–water partition coefficient (Wildman–Crippen LogP) is 2.03. The summed E-state index contributed by atoms with van der Waals surface area (Å²) in [5.41, 5.74) is 0.345. The third kappa shape index (κ3) is 4.60. The number of fused-ring (bicyclic) bond motifs is 1. The van der Waals surface area contributed by atoms with E-state index in [4.69, 9.17) is 4.74 Å². The second kappa shape index (κ2) is 8.43. The number of nitrogens with one attached hydrogen (secondary N) is 1. The highest BCUT2D eigenvalue weighted by atomic mass is 19.3. The first-order valence-electron chi connectivity index (χ1n) is 9.62. The molecule has 0 bridgehead atoms. The van der Waals surface area contributed by atoms with Crippen molar-refractivity contribution >= 4 is 11.8 Å². The van der Waals surface area contributed by atoms with E-state index in [-0.39, 0.29) is 5.91 Å². The summed E-state index contributed by atoms with van der Waals surface area (Å²) >= 11 is 0. The Kier molecular flexibility index (Phi) is 6.17. The lowest BCUT2D eigenvalue weighted by molar-refractivity contribution is -0.141. The van der Waals surface area contributed by atoms with Gasteiger partial charge in [-0.2, -0.15) is 8.78 Å². The lowest BCUT2D eigenvalue weighted by Crippen LogP contribution is -2.53. The number of benzene rings is 1. The smallest absolute Gasteiger partial charge is 0.315 e. The molecule has 1 aromatic rings. The molecule has 0 radical (unpaired) electrons. The Morgan fingerprint density at radius 1 is 1.21 bits per heavy atom. The Labute approximate surface area is 163 Å². The lowest BCUT2D eigenvalue weighted by Gasteiger charge is -2.36. The summed E-state index contributed by atoms with van der Waals surface area (Å²) in [6.07, 6.45) is -0.641. The molecule has 6 nitrogen and oxygen atoms in total. The van der Waals surface area contributed by atoms with Gasteiger partial charge in [-0.1, -0.05) is 18.2 Å². The highest BCUT2D eigenvalue weighted by molar-refractivity contribution is 5.88. The van der Waals surface area contributed by atoms with Gasteiger partial charge >= 0.3 is 6.43 Å². The average Bonchev–Trinajstić information content (AvgIpc) is 2.94. The van der Waals surface area contributed by atoms with E-state index in [0.717, 1.165) is 43.7 Å². The zero-order valence-electron chi connectivity index (χ0n) is 16.3. The van der Waals surface area contributed by atoms with E-state index in [1.807, 2.05) is 24.3 Å². The van der Waals surface area contributed by atoms with Crippen LogP contribution in [0, 0.1) is 0 Å². The van der Waals surface area contributed by atoms with Crippen molar-refractivity contribution < 1.29 is 23.1 Å². The second-order valence-corrected chi connectivity index (χ2v) is 7.77. The molecule has 0 unspecified atom stereocenters. The van der Waals surface area contributed by atoms with Crippen molar-refractivity contribution in [2.75, 3.05) is 26.7 Å². The van der Waals surface area contributed by atoms with Crippen LogP contribution >= 0.6 is 0 Å². The first kappa shape index (κ1) is 20.5. The molecule has 2 aliphatic rings. The summed E-state index contributed by atoms with van der Waals surface area (Å²) in [5, 5.41) is 2.10. The van der Waals surface area contributed by atoms with Crippen LogP contribution in [-0.4, -0.2) is 66.4 Å². The summed E-state index contributed by atoms with van der Waals surface area (Å²) in [7, 11) is 2.06. The number of amides is 2. The number of alkyl halides is 2. The minimum absolute atomic E-state index is 0.321. The third-order valence-corrected chi connectivity index (χ3v) is 5.50. The van der Waals surface area contributed by atoms with Crippen molar-refractivity contribution in [3.8, 4) is 5.75 Å². The molecule has 8 heteroatoms. The molecule has 2 atom stereocenters. The standard InChI is InChI=1S/C20H27F2N3O3/c1-14(23-18(26)17(21)22)19(27)25-12-15-6-3-4-7-16(15)28-20(13-25)8-5-10-24(2)11-9-20/h3-4,6-7,14,17H,5,8-13H2,1-2H3,(H,23,26)/t14-,20+/m1/s1. The summed E-state index contributed by atoms with van der Waals surface area (Å²) in [4.78, 5) is 28.2. The SMILES string of the molecule is C[C@@H](NC(=O)C(F)F)C(=O)N1Cc2ccccc2O[C@]2(CCCN(C)CC2)C1. The van der Waals surface area contributed by atoms with Gasteiger partial charge in [0, 0.05) is 25.1 Å². The Morgan fingerprint density at radius 2 is 1.96 bits per heavy atom. The van der Waals surface area contributed by atoms with E-state index >= 15 is 0 Å². The van der Waals surface area contributed by atoms with Crippen LogP contribution in [0.4, 0.5) is 8.78 Å². The minimum Gasteiger partial charge on any atom is -0.485 e. The van der Waals surface area contributed by atoms with Gasteiger partial charge in [-0.05, 0) is 39.4 Å². The normalized spacial score (nSPS) is 24.1. The summed E-state index contributed by atoms with van der Waals surface area (Å²) < 4.78 is 31.6. The zero-order valence-corrected chi connectivity index (χ0v) is 16.3. The molecule has 1 fully saturated rings. The predicted molar refractivity (Wildman–Crippen MR) is 100 cm³/mol. The van der Waals surface area contributed by atoms with Gasteiger partial charge in [-0.15, -0.1) is 0 Å². The van der Waals surface area contributed by atoms with Gasteiger partial charge in [-0.25, -0.2) is 0 Å². The quantitative estimate of drug-likeness (QED) is 0.851. The van der Waals surface area contributed by atoms with Crippen LogP contribution in [0.5, 0.6) is 5.75 Å². The van der Waals surface area contributed by atoms with Crippen molar-refractivity contribution in [2.24, 2.45) is 0 Å². The molecule has 2 aliphatic heterocycles. The number of likely N-dealkylation sites (tertiary alicyclic amines) is 1. The number of nitrogens with zero attached hydrogens (tertiary/aromatic N) is 2. The van der Waals surface area contributed by atoms with E-state index in [2.05, 4.69) is 17.3 Å². The van der Waals surface area contributed by atoms with Crippen molar-refractivity contribution in [2.45, 2.75) is 50.8 Å². The van der Waals surface area contributed by atoms with Gasteiger partial charge in [0.1, 0.15) is 17.4 Å². The summed E-state index contributed by atoms with van der Waals surface area (Å²) in [6.45, 7) is 3.93. The topological polar surface area (TPSA) is 61.9 Å². The van der Waals surface area contributed by atoms with E-state index in [0.29, 0.717) is 13.1 Å². The Hall–Kier alpha value is -2.22. The number of para-hydroxylation sites is 1. The fourth-order valence-corrected chi connectivity index (χ4v) is 3.94. The number of ether oxygens (including phenoxy) is 1. The Balaban J connectivity index is 1.86. The van der Waals surface area contributed by atoms with E-state index < -0.39 is 24.0 Å². The van der Waals surface area contributed by atoms with E-state index in [1.54, 1.807) is 4.90 Å². The minimum atomic E-state index is -3.15. The van der Waals surface area contributed by atoms with Crippen molar-refractivity contribution in [3.63, 3.8) is 0 Å². The number of hydrogen-bond donors (Lipinski definition) is 1. The molecule has 1 saturated heterocycles. The first-order chi connectivity index (χ1) is 13.3. The summed E-state index contributed by atoms with van der Waals surface area (Å²) in [6, 6.07) is 6.56. The van der Waals surface area contributed by atoms with Crippen molar-refractivity contribution in [1.82, 2.24) is 15.1 Å². The lowest BCUT2D eigenvalue weighted by atomic mass is 9.93. The highest BCUT2D eigenvalue weighted by Crippen LogP contribution is 2.35. The molecule has 3 rings (SSSR count). The molecule has 2 amide bonds.